The number of nitrogens with zero attached hydrogens (tertiary/aromatic N) is 3. The molecule has 86 valence electrons. The van der Waals surface area contributed by atoms with Gasteiger partial charge >= 0.3 is 0 Å². The van der Waals surface area contributed by atoms with E-state index in [9.17, 15) is 4.79 Å². The van der Waals surface area contributed by atoms with Crippen molar-refractivity contribution in [1.82, 2.24) is 5.32 Å². The molecule has 0 aliphatic carbocycles. The standard InChI is InChI=1S/C9H12N4O2S/c1-15-5-4-11-9(14)8-3-2-7(16-8)6-12-13-10/h2-3H,4-6H2,1H3,(H,11,14). The lowest BCUT2D eigenvalue weighted by atomic mass is 10.4. The maximum atomic E-state index is 11.5. The first-order chi connectivity index (χ1) is 7.77. The summed E-state index contributed by atoms with van der Waals surface area (Å²) in [7, 11) is 1.58. The molecule has 1 N–H and O–H groups in total. The Hall–Kier alpha value is -1.56. The minimum Gasteiger partial charge on any atom is -0.383 e. The summed E-state index contributed by atoms with van der Waals surface area (Å²) in [4.78, 5) is 15.7. The number of hydrogen-bond acceptors (Lipinski definition) is 4. The molecule has 1 amide bonds. The van der Waals surface area contributed by atoms with E-state index in [2.05, 4.69) is 15.3 Å². The van der Waals surface area contributed by atoms with E-state index >= 15 is 0 Å². The predicted octanol–water partition coefficient (Wildman–Crippen LogP) is 1.93. The fourth-order valence-corrected chi connectivity index (χ4v) is 1.88. The Morgan fingerprint density at radius 2 is 2.50 bits per heavy atom. The van der Waals surface area contributed by atoms with Crippen molar-refractivity contribution in [2.75, 3.05) is 20.3 Å². The Morgan fingerprint density at radius 3 is 3.19 bits per heavy atom. The zero-order chi connectivity index (χ0) is 11.8. The van der Waals surface area contributed by atoms with Crippen molar-refractivity contribution in [2.45, 2.75) is 6.54 Å². The Morgan fingerprint density at radius 1 is 1.69 bits per heavy atom. The quantitative estimate of drug-likeness (QED) is 0.356. The van der Waals surface area contributed by atoms with Gasteiger partial charge in [-0.15, -0.1) is 11.3 Å². The van der Waals surface area contributed by atoms with Gasteiger partial charge in [-0.2, -0.15) is 0 Å². The molecule has 1 heterocycles. The number of carbonyl (C=O) groups is 1. The summed E-state index contributed by atoms with van der Waals surface area (Å²) in [5.41, 5.74) is 8.16. The van der Waals surface area contributed by atoms with Crippen LogP contribution in [0.3, 0.4) is 0 Å². The second-order valence-electron chi connectivity index (χ2n) is 2.90. The number of carbonyl (C=O) groups excluding carboxylic acids is 1. The smallest absolute Gasteiger partial charge is 0.261 e. The van der Waals surface area contributed by atoms with Crippen molar-refractivity contribution in [3.8, 4) is 0 Å². The third-order valence-electron chi connectivity index (χ3n) is 1.77. The van der Waals surface area contributed by atoms with E-state index in [0.29, 0.717) is 18.0 Å². The van der Waals surface area contributed by atoms with Crippen LogP contribution in [0.2, 0.25) is 0 Å². The fraction of sp³-hybridized carbons (Fsp3) is 0.444. The Kier molecular flexibility index (Phi) is 5.35. The van der Waals surface area contributed by atoms with Crippen LogP contribution in [-0.4, -0.2) is 26.2 Å². The van der Waals surface area contributed by atoms with Crippen LogP contribution in [0.15, 0.2) is 17.2 Å². The van der Waals surface area contributed by atoms with Gasteiger partial charge in [0.25, 0.3) is 5.91 Å². The highest BCUT2D eigenvalue weighted by molar-refractivity contribution is 7.14. The molecule has 0 spiro atoms. The molecule has 16 heavy (non-hydrogen) atoms. The van der Waals surface area contributed by atoms with Crippen LogP contribution >= 0.6 is 11.3 Å². The van der Waals surface area contributed by atoms with Gasteiger partial charge in [-0.3, -0.25) is 4.79 Å². The summed E-state index contributed by atoms with van der Waals surface area (Å²) in [5, 5.41) is 6.14. The number of ether oxygens (including phenoxy) is 1. The van der Waals surface area contributed by atoms with Gasteiger partial charge in [0.15, 0.2) is 0 Å². The zero-order valence-corrected chi connectivity index (χ0v) is 9.66. The van der Waals surface area contributed by atoms with Gasteiger partial charge in [-0.05, 0) is 17.7 Å². The van der Waals surface area contributed by atoms with Gasteiger partial charge < -0.3 is 10.1 Å². The molecular formula is C9H12N4O2S. The van der Waals surface area contributed by atoms with Crippen LogP contribution in [0, 0.1) is 0 Å². The Bertz CT molecular complexity index is 398. The van der Waals surface area contributed by atoms with E-state index in [0.717, 1.165) is 4.88 Å². The molecule has 0 atom stereocenters. The highest BCUT2D eigenvalue weighted by Crippen LogP contribution is 2.17. The molecule has 0 saturated carbocycles. The van der Waals surface area contributed by atoms with Gasteiger partial charge in [0.05, 0.1) is 18.0 Å². The van der Waals surface area contributed by atoms with Crippen LogP contribution in [-0.2, 0) is 11.3 Å². The lowest BCUT2D eigenvalue weighted by molar-refractivity contribution is 0.0941. The molecule has 0 aliphatic heterocycles. The summed E-state index contributed by atoms with van der Waals surface area (Å²) in [6, 6.07) is 3.50. The highest BCUT2D eigenvalue weighted by Gasteiger charge is 2.07. The largest absolute Gasteiger partial charge is 0.383 e. The topological polar surface area (TPSA) is 87.1 Å². The minimum atomic E-state index is -0.130. The number of azide groups is 1. The first kappa shape index (κ1) is 12.5. The third-order valence-corrected chi connectivity index (χ3v) is 2.84. The second-order valence-corrected chi connectivity index (χ2v) is 4.07. The third kappa shape index (κ3) is 3.90. The number of rotatable bonds is 6. The SMILES string of the molecule is COCCNC(=O)c1ccc(CN=[N+]=[N-])s1. The molecule has 0 radical (unpaired) electrons. The first-order valence-corrected chi connectivity index (χ1v) is 5.46. The monoisotopic (exact) mass is 240 g/mol. The van der Waals surface area contributed by atoms with Crippen molar-refractivity contribution >= 4 is 17.2 Å². The molecule has 0 saturated heterocycles. The van der Waals surface area contributed by atoms with Crippen molar-refractivity contribution in [1.29, 1.82) is 0 Å². The van der Waals surface area contributed by atoms with Crippen LogP contribution in [0.25, 0.3) is 10.4 Å². The lowest BCUT2D eigenvalue weighted by Gasteiger charge is -2.01. The van der Waals surface area contributed by atoms with Crippen LogP contribution in [0.4, 0.5) is 0 Å². The maximum absolute atomic E-state index is 11.5. The van der Waals surface area contributed by atoms with E-state index in [4.69, 9.17) is 10.3 Å². The summed E-state index contributed by atoms with van der Waals surface area (Å²) in [6.07, 6.45) is 0. The van der Waals surface area contributed by atoms with Crippen molar-refractivity contribution in [3.63, 3.8) is 0 Å². The van der Waals surface area contributed by atoms with Crippen LogP contribution < -0.4 is 5.32 Å². The molecule has 0 aliphatic rings. The van der Waals surface area contributed by atoms with Crippen LogP contribution in [0.5, 0.6) is 0 Å². The van der Waals surface area contributed by atoms with Gasteiger partial charge in [-0.25, -0.2) is 0 Å². The molecule has 1 rings (SSSR count). The number of nitrogens with one attached hydrogen (secondary N) is 1. The van der Waals surface area contributed by atoms with Gasteiger partial charge in [0.1, 0.15) is 0 Å². The molecule has 0 aromatic carbocycles. The molecule has 7 heteroatoms. The van der Waals surface area contributed by atoms with E-state index < -0.39 is 0 Å². The first-order valence-electron chi connectivity index (χ1n) is 4.64. The van der Waals surface area contributed by atoms with Gasteiger partial charge in [-0.1, -0.05) is 5.11 Å². The lowest BCUT2D eigenvalue weighted by Crippen LogP contribution is -2.26. The summed E-state index contributed by atoms with van der Waals surface area (Å²) >= 11 is 1.32. The van der Waals surface area contributed by atoms with E-state index in [-0.39, 0.29) is 12.5 Å². The van der Waals surface area contributed by atoms with Crippen molar-refractivity contribution < 1.29 is 9.53 Å². The minimum absolute atomic E-state index is 0.130. The molecular weight excluding hydrogens is 228 g/mol. The molecule has 0 fully saturated rings. The number of amides is 1. The molecule has 6 nitrogen and oxygen atoms in total. The number of thiophene rings is 1. The van der Waals surface area contributed by atoms with Gasteiger partial charge in [0, 0.05) is 23.4 Å². The van der Waals surface area contributed by atoms with Gasteiger partial charge in [0.2, 0.25) is 0 Å². The second kappa shape index (κ2) is 6.84. The van der Waals surface area contributed by atoms with Crippen molar-refractivity contribution in [2.24, 2.45) is 5.11 Å². The molecule has 1 aromatic rings. The molecule has 1 aromatic heterocycles. The number of methoxy groups -OCH3 is 1. The Labute approximate surface area is 96.9 Å². The summed E-state index contributed by atoms with van der Waals surface area (Å²) in [5.74, 6) is -0.130. The predicted molar refractivity (Wildman–Crippen MR) is 61.4 cm³/mol. The van der Waals surface area contributed by atoms with Crippen LogP contribution in [0.1, 0.15) is 14.5 Å². The average Bonchev–Trinajstić information content (AvgIpc) is 2.75. The fourth-order valence-electron chi connectivity index (χ4n) is 1.04. The zero-order valence-electron chi connectivity index (χ0n) is 8.84. The van der Waals surface area contributed by atoms with E-state index in [1.165, 1.54) is 11.3 Å². The van der Waals surface area contributed by atoms with E-state index in [1.54, 1.807) is 19.2 Å². The van der Waals surface area contributed by atoms with Crippen molar-refractivity contribution in [3.05, 3.63) is 32.3 Å². The summed E-state index contributed by atoms with van der Waals surface area (Å²) in [6.45, 7) is 1.26. The Balaban J connectivity index is 2.49. The maximum Gasteiger partial charge on any atom is 0.261 e. The summed E-state index contributed by atoms with van der Waals surface area (Å²) < 4.78 is 4.82. The molecule has 0 bridgehead atoms. The number of hydrogen-bond donors (Lipinski definition) is 1. The highest BCUT2D eigenvalue weighted by atomic mass is 32.1. The normalized spacial score (nSPS) is 9.56. The molecule has 0 unspecified atom stereocenters. The van der Waals surface area contributed by atoms with E-state index in [1.807, 2.05) is 0 Å². The average molecular weight is 240 g/mol.